The molecule has 8 nitrogen and oxygen atoms in total. The molecule has 0 fully saturated rings. The van der Waals surface area contributed by atoms with Crippen LogP contribution in [0.1, 0.15) is 58.9 Å². The number of benzene rings is 1. The quantitative estimate of drug-likeness (QED) is 0.538. The van der Waals surface area contributed by atoms with Crippen molar-refractivity contribution >= 4 is 44.6 Å². The molecule has 3 rings (SSSR count). The van der Waals surface area contributed by atoms with Crippen LogP contribution in [-0.4, -0.2) is 25.3 Å². The molecule has 0 aliphatic carbocycles. The second-order valence-corrected chi connectivity index (χ2v) is 8.87. The van der Waals surface area contributed by atoms with Gasteiger partial charge in [0.2, 0.25) is 5.88 Å². The number of amides is 1. The standard InChI is InChI=1S/C20H21N3O5S2/c1-10-8-11(2)17(15(9-10)14(5)24)21-19(25)18-16(6-7-29-18)30(26,27)23-20-12(3)13(4)22-28-20/h6-9,23H,1-5H3,(H,21,25)/i1D3,2D3,9D. The van der Waals surface area contributed by atoms with Gasteiger partial charge in [-0.15, -0.1) is 11.3 Å². The first-order valence-corrected chi connectivity index (χ1v) is 10.8. The molecule has 0 spiro atoms. The Hall–Kier alpha value is -2.98. The number of aryl methyl sites for hydroxylation is 3. The molecule has 158 valence electrons. The van der Waals surface area contributed by atoms with Crippen molar-refractivity contribution in [1.82, 2.24) is 5.16 Å². The van der Waals surface area contributed by atoms with Gasteiger partial charge in [0.15, 0.2) is 5.78 Å². The molecular weight excluding hydrogens is 426 g/mol. The number of Topliss-reactive ketones (excluding diaryl/α,β-unsaturated/α-hetero) is 1. The lowest BCUT2D eigenvalue weighted by Crippen LogP contribution is -2.20. The van der Waals surface area contributed by atoms with Crippen LogP contribution in [0.3, 0.4) is 0 Å². The summed E-state index contributed by atoms with van der Waals surface area (Å²) >= 11 is 0.723. The number of nitrogens with one attached hydrogen (secondary N) is 2. The Morgan fingerprint density at radius 2 is 2.07 bits per heavy atom. The van der Waals surface area contributed by atoms with Crippen LogP contribution >= 0.6 is 11.3 Å². The zero-order valence-corrected chi connectivity index (χ0v) is 17.7. The van der Waals surface area contributed by atoms with Gasteiger partial charge in [0.1, 0.15) is 9.77 Å². The Kier molecular flexibility index (Phi) is 3.78. The number of carbonyl (C=O) groups excluding carboxylic acids is 2. The van der Waals surface area contributed by atoms with E-state index >= 15 is 0 Å². The fourth-order valence-corrected chi connectivity index (χ4v) is 4.88. The van der Waals surface area contributed by atoms with Crippen LogP contribution < -0.4 is 10.0 Å². The van der Waals surface area contributed by atoms with E-state index < -0.39 is 68.7 Å². The highest BCUT2D eigenvalue weighted by molar-refractivity contribution is 7.93. The molecule has 1 aromatic carbocycles. The van der Waals surface area contributed by atoms with Crippen molar-refractivity contribution < 1.29 is 32.1 Å². The lowest BCUT2D eigenvalue weighted by molar-refractivity contribution is 0.101. The molecule has 10 heteroatoms. The molecular formula is C20H21N3O5S2. The number of ketones is 1. The van der Waals surface area contributed by atoms with Gasteiger partial charge in [-0.2, -0.15) is 0 Å². The van der Waals surface area contributed by atoms with Crippen molar-refractivity contribution in [2.45, 2.75) is 39.4 Å². The van der Waals surface area contributed by atoms with Crippen molar-refractivity contribution in [2.75, 3.05) is 10.0 Å². The minimum atomic E-state index is -4.37. The highest BCUT2D eigenvalue weighted by atomic mass is 32.2. The van der Waals surface area contributed by atoms with Crippen LogP contribution in [-0.2, 0) is 10.0 Å². The molecule has 2 heterocycles. The minimum absolute atomic E-state index is 0.155. The number of carbonyl (C=O) groups is 2. The van der Waals surface area contributed by atoms with E-state index in [1.54, 1.807) is 13.8 Å². The number of thiophene rings is 1. The summed E-state index contributed by atoms with van der Waals surface area (Å²) in [6.45, 7) is -1.74. The van der Waals surface area contributed by atoms with E-state index in [0.29, 0.717) is 11.3 Å². The van der Waals surface area contributed by atoms with Crippen molar-refractivity contribution in [2.24, 2.45) is 0 Å². The Labute approximate surface area is 188 Å². The zero-order chi connectivity index (χ0) is 28.1. The van der Waals surface area contributed by atoms with Gasteiger partial charge in [0, 0.05) is 19.4 Å². The number of rotatable bonds is 6. The minimum Gasteiger partial charge on any atom is -0.337 e. The van der Waals surface area contributed by atoms with Crippen molar-refractivity contribution in [1.29, 1.82) is 0 Å². The fourth-order valence-electron chi connectivity index (χ4n) is 2.51. The van der Waals surface area contributed by atoms with E-state index in [1.165, 1.54) is 5.38 Å². The van der Waals surface area contributed by atoms with Gasteiger partial charge in [-0.3, -0.25) is 9.59 Å². The predicted octanol–water partition coefficient (Wildman–Crippen LogP) is 4.23. The fraction of sp³-hybridized carbons (Fsp3) is 0.250. The monoisotopic (exact) mass is 454 g/mol. The van der Waals surface area contributed by atoms with Crippen LogP contribution in [0.15, 0.2) is 33.0 Å². The van der Waals surface area contributed by atoms with E-state index in [-0.39, 0.29) is 10.8 Å². The number of anilines is 2. The largest absolute Gasteiger partial charge is 0.337 e. The molecule has 0 saturated heterocycles. The first kappa shape index (κ1) is 14.1. The van der Waals surface area contributed by atoms with E-state index in [4.69, 9.17) is 14.1 Å². The third-order valence-electron chi connectivity index (χ3n) is 4.17. The lowest BCUT2D eigenvalue weighted by atomic mass is 10.0. The van der Waals surface area contributed by atoms with Gasteiger partial charge < -0.3 is 9.84 Å². The van der Waals surface area contributed by atoms with Crippen LogP contribution in [0, 0.1) is 27.6 Å². The van der Waals surface area contributed by atoms with Crippen LogP contribution in [0.5, 0.6) is 0 Å². The first-order chi connectivity index (χ1) is 16.9. The second-order valence-electron chi connectivity index (χ2n) is 6.30. The maximum atomic E-state index is 13.2. The Morgan fingerprint density at radius 3 is 2.67 bits per heavy atom. The van der Waals surface area contributed by atoms with Gasteiger partial charge in [-0.1, -0.05) is 11.2 Å². The Balaban J connectivity index is 2.13. The van der Waals surface area contributed by atoms with Gasteiger partial charge in [-0.25, -0.2) is 13.1 Å². The predicted molar refractivity (Wildman–Crippen MR) is 115 cm³/mol. The summed E-state index contributed by atoms with van der Waals surface area (Å²) in [4.78, 5) is 24.8. The molecule has 0 radical (unpaired) electrons. The van der Waals surface area contributed by atoms with Crippen LogP contribution in [0.4, 0.5) is 11.6 Å². The normalized spacial score (nSPS) is 15.6. The third kappa shape index (κ3) is 4.14. The molecule has 30 heavy (non-hydrogen) atoms. The molecule has 2 aromatic heterocycles. The van der Waals surface area contributed by atoms with Crippen LogP contribution in [0.2, 0.25) is 0 Å². The van der Waals surface area contributed by atoms with E-state index in [0.717, 1.165) is 30.4 Å². The number of nitrogens with zero attached hydrogens (tertiary/aromatic N) is 1. The molecule has 0 aliphatic heterocycles. The summed E-state index contributed by atoms with van der Waals surface area (Å²) in [6, 6.07) is 1.10. The summed E-state index contributed by atoms with van der Waals surface area (Å²) in [6.07, 6.45) is 0. The lowest BCUT2D eigenvalue weighted by Gasteiger charge is -2.14. The highest BCUT2D eigenvalue weighted by Gasteiger charge is 2.27. The number of sulfonamides is 1. The molecule has 0 unspecified atom stereocenters. The maximum absolute atomic E-state index is 13.2. The number of hydrogen-bond acceptors (Lipinski definition) is 7. The third-order valence-corrected chi connectivity index (χ3v) is 6.58. The molecule has 2 N–H and O–H groups in total. The van der Waals surface area contributed by atoms with E-state index in [9.17, 15) is 18.0 Å². The first-order valence-electron chi connectivity index (χ1n) is 11.9. The smallest absolute Gasteiger partial charge is 0.267 e. The average Bonchev–Trinajstić information content (AvgIpc) is 3.35. The van der Waals surface area contributed by atoms with Crippen molar-refractivity contribution in [3.8, 4) is 0 Å². The van der Waals surface area contributed by atoms with Crippen molar-refractivity contribution in [3.05, 3.63) is 56.4 Å². The van der Waals surface area contributed by atoms with Gasteiger partial charge >= 0.3 is 0 Å². The van der Waals surface area contributed by atoms with E-state index in [2.05, 4.69) is 15.2 Å². The summed E-state index contributed by atoms with van der Waals surface area (Å²) in [5.41, 5.74) is -1.71. The Morgan fingerprint density at radius 1 is 1.30 bits per heavy atom. The molecule has 1 amide bonds. The van der Waals surface area contributed by atoms with Gasteiger partial charge in [-0.05, 0) is 63.1 Å². The van der Waals surface area contributed by atoms with Gasteiger partial charge in [0.25, 0.3) is 15.9 Å². The highest BCUT2D eigenvalue weighted by Crippen LogP contribution is 2.29. The molecule has 0 atom stereocenters. The summed E-state index contributed by atoms with van der Waals surface area (Å²) in [5, 5.41) is 7.22. The van der Waals surface area contributed by atoms with Gasteiger partial charge in [0.05, 0.1) is 12.8 Å². The second kappa shape index (κ2) is 8.04. The number of aromatic nitrogens is 1. The SMILES string of the molecule is [2H]c1c(C([2H])([2H])[2H])cc(C([2H])([2H])[2H])c(NC(=O)c2sccc2S(=O)(=O)Nc2onc(C)c2C)c1C(C)=O. The van der Waals surface area contributed by atoms with E-state index in [1.807, 2.05) is 0 Å². The average molecular weight is 455 g/mol. The summed E-state index contributed by atoms with van der Waals surface area (Å²) < 4.78 is 87.8. The van der Waals surface area contributed by atoms with Crippen molar-refractivity contribution in [3.63, 3.8) is 0 Å². The zero-order valence-electron chi connectivity index (χ0n) is 23.0. The molecule has 0 saturated carbocycles. The molecule has 3 aromatic rings. The van der Waals surface area contributed by atoms with Crippen LogP contribution in [0.25, 0.3) is 0 Å². The summed E-state index contributed by atoms with van der Waals surface area (Å²) in [7, 11) is -4.37. The Bertz CT molecular complexity index is 1510. The number of hydrogen-bond donors (Lipinski definition) is 2. The molecule has 0 bridgehead atoms. The maximum Gasteiger partial charge on any atom is 0.267 e. The summed E-state index contributed by atoms with van der Waals surface area (Å²) in [5.74, 6) is -2.11. The topological polar surface area (TPSA) is 118 Å². The molecule has 0 aliphatic rings.